The summed E-state index contributed by atoms with van der Waals surface area (Å²) in [5.74, 6) is -4.18. The Morgan fingerprint density at radius 1 is 1.03 bits per heavy atom. The van der Waals surface area contributed by atoms with Crippen molar-refractivity contribution in [1.29, 1.82) is 0 Å². The zero-order valence-corrected chi connectivity index (χ0v) is 34.4. The number of imidazole rings is 1. The van der Waals surface area contributed by atoms with Crippen LogP contribution in [0.3, 0.4) is 0 Å². The van der Waals surface area contributed by atoms with E-state index in [1.165, 1.54) is 38.8 Å². The first-order valence-corrected chi connectivity index (χ1v) is 21.0. The molecular weight excluding hydrogens is 943 g/mol. The minimum Gasteiger partial charge on any atom is -0.448 e. The number of hydrogen-bond donors (Lipinski definition) is 5. The molecule has 2 amide bonds. The molecule has 0 aliphatic carbocycles. The number of nitrogens with one attached hydrogen (secondary N) is 1. The van der Waals surface area contributed by atoms with Crippen molar-refractivity contribution in [2.24, 2.45) is 0 Å². The third-order valence-corrected chi connectivity index (χ3v) is 11.8. The number of ether oxygens (including phenoxy) is 5. The summed E-state index contributed by atoms with van der Waals surface area (Å²) in [5, 5.41) is 34.9. The second kappa shape index (κ2) is 19.3. The zero-order chi connectivity index (χ0) is 42.4. The number of anilines is 2. The Kier molecular flexibility index (Phi) is 14.4. The Balaban J connectivity index is 0.879. The van der Waals surface area contributed by atoms with E-state index >= 15 is 0 Å². The molecule has 2 saturated heterocycles. The predicted octanol–water partition coefficient (Wildman–Crippen LogP) is 1.52. The number of nitrogens with zero attached hydrogens (tertiary/aromatic N) is 7. The Labute approximate surface area is 353 Å². The van der Waals surface area contributed by atoms with Gasteiger partial charge in [-0.15, -0.1) is 0 Å². The second-order valence-corrected chi connectivity index (χ2v) is 16.7. The van der Waals surface area contributed by atoms with Crippen molar-refractivity contribution in [1.82, 2.24) is 34.0 Å². The van der Waals surface area contributed by atoms with E-state index in [2.05, 4.69) is 47.8 Å². The lowest BCUT2D eigenvalue weighted by Crippen LogP contribution is -2.46. The molecule has 7 atom stereocenters. The topological polar surface area (TPSA) is 278 Å². The van der Waals surface area contributed by atoms with Crippen molar-refractivity contribution in [2.75, 3.05) is 49.4 Å². The number of nitrogens with two attached hydrogens (primary N) is 1. The van der Waals surface area contributed by atoms with Gasteiger partial charge in [-0.05, 0) is 46.4 Å². The van der Waals surface area contributed by atoms with Gasteiger partial charge in [0.15, 0.2) is 35.4 Å². The highest BCUT2D eigenvalue weighted by molar-refractivity contribution is 14.1. The Morgan fingerprint density at radius 2 is 1.78 bits per heavy atom. The maximum absolute atomic E-state index is 14.6. The van der Waals surface area contributed by atoms with Gasteiger partial charge in [-0.3, -0.25) is 13.9 Å². The van der Waals surface area contributed by atoms with Crippen molar-refractivity contribution < 1.29 is 62.2 Å². The summed E-state index contributed by atoms with van der Waals surface area (Å²) in [7, 11) is 3.59. The molecule has 3 unspecified atom stereocenters. The van der Waals surface area contributed by atoms with Crippen LogP contribution in [0.5, 0.6) is 0 Å². The van der Waals surface area contributed by atoms with Crippen molar-refractivity contribution in [3.8, 4) is 0 Å². The van der Waals surface area contributed by atoms with Crippen LogP contribution < -0.4 is 16.7 Å². The van der Waals surface area contributed by atoms with Crippen molar-refractivity contribution in [2.45, 2.75) is 55.4 Å². The number of imide groups is 1. The molecule has 59 heavy (non-hydrogen) atoms. The molecule has 4 aromatic rings. The quantitative estimate of drug-likeness (QED) is 0.0489. The third-order valence-electron chi connectivity index (χ3n) is 8.78. The number of aliphatic hydroxyl groups is 3. The summed E-state index contributed by atoms with van der Waals surface area (Å²) in [6.07, 6.45) is -11.2. The van der Waals surface area contributed by atoms with Gasteiger partial charge in [0.25, 0.3) is 5.91 Å². The average molecular weight is 980 g/mol. The smallest absolute Gasteiger partial charge is 0.448 e. The van der Waals surface area contributed by atoms with E-state index in [1.54, 1.807) is 0 Å². The fraction of sp³-hybridized carbons (Fsp3) is 0.455. The van der Waals surface area contributed by atoms with Gasteiger partial charge in [0, 0.05) is 34.9 Å². The van der Waals surface area contributed by atoms with Gasteiger partial charge in [-0.1, -0.05) is 33.7 Å². The molecule has 6 rings (SSSR count). The molecule has 26 heteroatoms. The molecule has 3 aromatic heterocycles. The largest absolute Gasteiger partial charge is 0.508 e. The van der Waals surface area contributed by atoms with Crippen LogP contribution in [0.25, 0.3) is 11.2 Å². The van der Waals surface area contributed by atoms with Gasteiger partial charge in [0.05, 0.1) is 6.33 Å². The number of alkyl halides is 2. The van der Waals surface area contributed by atoms with Crippen LogP contribution in [-0.4, -0.2) is 142 Å². The maximum atomic E-state index is 14.6. The van der Waals surface area contributed by atoms with E-state index in [0.29, 0.717) is 27.3 Å². The molecule has 0 bridgehead atoms. The summed E-state index contributed by atoms with van der Waals surface area (Å²) in [4.78, 5) is 66.6. The first-order chi connectivity index (χ1) is 28.2. The van der Waals surface area contributed by atoms with Crippen LogP contribution in [0.2, 0.25) is 0 Å². The molecule has 0 spiro atoms. The number of nitrogen functional groups attached to an aromatic ring is 1. The third kappa shape index (κ3) is 10.1. The Morgan fingerprint density at radius 3 is 2.51 bits per heavy atom. The van der Waals surface area contributed by atoms with Crippen LogP contribution in [0.1, 0.15) is 18.0 Å². The van der Waals surface area contributed by atoms with Gasteiger partial charge >= 0.3 is 23.9 Å². The number of carbonyl (C=O) groups excluding carboxylic acids is 3. The van der Waals surface area contributed by atoms with Gasteiger partial charge in [-0.25, -0.2) is 34.2 Å². The van der Waals surface area contributed by atoms with E-state index in [9.17, 15) is 43.3 Å². The fourth-order valence-corrected chi connectivity index (χ4v) is 8.07. The van der Waals surface area contributed by atoms with E-state index in [-0.39, 0.29) is 36.2 Å². The van der Waals surface area contributed by atoms with Crippen LogP contribution in [0, 0.1) is 3.57 Å². The molecule has 0 radical (unpaired) electrons. The monoisotopic (exact) mass is 979 g/mol. The summed E-state index contributed by atoms with van der Waals surface area (Å²) >= 11 is 2.22. The number of rotatable bonds is 15. The van der Waals surface area contributed by atoms with Crippen LogP contribution in [-0.2, 0) is 35.0 Å². The predicted molar refractivity (Wildman–Crippen MR) is 212 cm³/mol. The standard InChI is InChI=1S/C33H36F2IN9O12S2/c1-43(27(49)23-21(46)22(47)28(57-23)45-15-41-20-25(39-14-40-26(20)45)38-12-16-3-2-4-17(36)11-16)31(51)53-7-9-58-59-10-8-54-32(52)55-13-18-24(48)33(34,35)29(56-18)44-6-5-19(37)42-30(44)50/h2-6,11,14-15,18,21-24,28-29,46-48H,7-10,12-13H2,1H3,(H2,37,42,50)(H,38,39,40)/t18?,21-,22+,23-,24?,28+,29?/m0/s1. The van der Waals surface area contributed by atoms with Gasteiger partial charge in [0.1, 0.15) is 50.3 Å². The normalized spacial score (nSPS) is 23.5. The number of hydrogen-bond acceptors (Lipinski definition) is 20. The molecular formula is C33H36F2IN9O12S2. The first-order valence-electron chi connectivity index (χ1n) is 17.4. The van der Waals surface area contributed by atoms with Gasteiger partial charge in [0.2, 0.25) is 6.23 Å². The Bertz CT molecular complexity index is 2210. The molecule has 21 nitrogen and oxygen atoms in total. The second-order valence-electron chi connectivity index (χ2n) is 12.7. The molecule has 2 aliphatic heterocycles. The van der Waals surface area contributed by atoms with Crippen molar-refractivity contribution >= 4 is 85.1 Å². The van der Waals surface area contributed by atoms with E-state index in [0.717, 1.165) is 28.4 Å². The first kappa shape index (κ1) is 44.1. The summed E-state index contributed by atoms with van der Waals surface area (Å²) in [6, 6.07) is 8.96. The minimum absolute atomic E-state index is 0.134. The number of aromatic nitrogens is 6. The lowest BCUT2D eigenvalue weighted by molar-refractivity contribution is -0.145. The highest BCUT2D eigenvalue weighted by atomic mass is 127. The zero-order valence-electron chi connectivity index (χ0n) is 30.6. The van der Waals surface area contributed by atoms with E-state index in [1.807, 2.05) is 24.3 Å². The molecule has 5 heterocycles. The summed E-state index contributed by atoms with van der Waals surface area (Å²) < 4.78 is 57.9. The number of benzene rings is 1. The maximum Gasteiger partial charge on any atom is 0.508 e. The highest BCUT2D eigenvalue weighted by Crippen LogP contribution is 2.42. The van der Waals surface area contributed by atoms with Crippen LogP contribution in [0.15, 0.2) is 54.0 Å². The van der Waals surface area contributed by atoms with Crippen LogP contribution in [0.4, 0.5) is 30.0 Å². The number of carbonyl (C=O) groups is 3. The average Bonchev–Trinajstić information content (AvgIpc) is 3.84. The lowest BCUT2D eigenvalue weighted by Gasteiger charge is -2.20. The molecule has 0 saturated carbocycles. The molecule has 6 N–H and O–H groups in total. The molecule has 2 fully saturated rings. The summed E-state index contributed by atoms with van der Waals surface area (Å²) in [5.41, 5.74) is 5.88. The highest BCUT2D eigenvalue weighted by Gasteiger charge is 2.60. The number of aliphatic hydroxyl groups excluding tert-OH is 3. The van der Waals surface area contributed by atoms with Crippen molar-refractivity contribution in [3.63, 3.8) is 0 Å². The Hall–Kier alpha value is -4.45. The fourth-order valence-electron chi connectivity index (χ4n) is 5.81. The van der Waals surface area contributed by atoms with E-state index < -0.39 is 79.4 Å². The van der Waals surface area contributed by atoms with E-state index in [4.69, 9.17) is 29.4 Å². The lowest BCUT2D eigenvalue weighted by atomic mass is 10.1. The molecule has 2 aliphatic rings. The summed E-state index contributed by atoms with van der Waals surface area (Å²) in [6.45, 7) is -0.643. The van der Waals surface area contributed by atoms with Crippen molar-refractivity contribution in [3.05, 3.63) is 68.8 Å². The molecule has 1 aromatic carbocycles. The molecule has 318 valence electrons. The number of halogens is 3. The number of fused-ring (bicyclic) bond motifs is 1. The number of amides is 2. The number of likely N-dealkylation sites (N-methyl/N-ethyl adjacent to an activating group) is 1. The van der Waals surface area contributed by atoms with Gasteiger partial charge in [-0.2, -0.15) is 13.8 Å². The van der Waals surface area contributed by atoms with Gasteiger partial charge < -0.3 is 50.1 Å². The van der Waals surface area contributed by atoms with Crippen LogP contribution >= 0.6 is 44.2 Å². The minimum atomic E-state index is -3.92. The SMILES string of the molecule is CN(C(=O)OCCSSCCOC(=O)OCC1OC(n2ccc(N)nc2=O)C(F)(F)C1O)C(=O)[C@H]1O[C@@H](n2cnc3c(NCc4cccc(I)c4)ncnc32)[C@H](O)[C@@H]1O.